The van der Waals surface area contributed by atoms with Crippen LogP contribution in [0.2, 0.25) is 0 Å². The van der Waals surface area contributed by atoms with Crippen LogP contribution in [0.4, 0.5) is 0 Å². The average molecular weight is 697 g/mol. The third-order valence-corrected chi connectivity index (χ3v) is 8.35. The van der Waals surface area contributed by atoms with Gasteiger partial charge in [-0.25, -0.2) is 4.57 Å². The van der Waals surface area contributed by atoms with Crippen LogP contribution in [0.5, 0.6) is 0 Å². The Labute approximate surface area is 293 Å². The highest BCUT2D eigenvalue weighted by Crippen LogP contribution is 2.36. The minimum atomic E-state index is -4.76. The lowest BCUT2D eigenvalue weighted by Crippen LogP contribution is -2.29. The third kappa shape index (κ3) is 36.8. The first-order valence-electron chi connectivity index (χ1n) is 18.9. The van der Waals surface area contributed by atoms with E-state index in [9.17, 15) is 14.2 Å². The van der Waals surface area contributed by atoms with E-state index in [1.807, 2.05) is 0 Å². The first-order valence-corrected chi connectivity index (χ1v) is 20.5. The molecule has 0 aromatic carbocycles. The second kappa shape index (κ2) is 34.9. The van der Waals surface area contributed by atoms with Crippen molar-refractivity contribution in [3.63, 3.8) is 0 Å². The summed E-state index contributed by atoms with van der Waals surface area (Å²) in [7, 11) is -4.76. The van der Waals surface area contributed by atoms with Gasteiger partial charge < -0.3 is 19.3 Å². The fourth-order valence-electron chi connectivity index (χ4n) is 5.07. The number of unbranched alkanes of at least 4 members (excludes halogenated alkanes) is 16. The second-order valence-corrected chi connectivity index (χ2v) is 13.8. The number of carbonyl (C=O) groups excluding carboxylic acids is 2. The van der Waals surface area contributed by atoms with Crippen molar-refractivity contribution in [3.05, 3.63) is 48.6 Å². The predicted molar refractivity (Wildman–Crippen MR) is 198 cm³/mol. The van der Waals surface area contributed by atoms with Crippen LogP contribution in [-0.4, -0.2) is 41.0 Å². The second-order valence-electron chi connectivity index (χ2n) is 12.5. The van der Waals surface area contributed by atoms with E-state index in [1.165, 1.54) is 64.2 Å². The standard InChI is InChI=1S/C39H69O8P/c1-3-5-7-9-11-13-15-17-18-19-20-22-24-26-28-30-32-34-39(41)47-37(36-46-48(42,43)44)35-45-38(40)33-31-29-27-25-23-21-16-14-12-10-8-6-4-2/h5,7,11,13,17-18,20,22,37H,3-4,6,8-10,12,14-16,19,21,23-36H2,1-2H3,(H2,42,43,44)/b7-5-,13-11-,18-17-,22-20-/t37-/m1/s1. The summed E-state index contributed by atoms with van der Waals surface area (Å²) in [6.07, 6.45) is 41.1. The van der Waals surface area contributed by atoms with Gasteiger partial charge >= 0.3 is 19.8 Å². The first kappa shape index (κ1) is 46.0. The molecule has 2 N–H and O–H groups in total. The molecule has 0 amide bonds. The SMILES string of the molecule is CC/C=C\C/C=C\C/C=C\C/C=C\CCCCCCC(=O)O[C@H](COC(=O)CCCCCCCCCCCCCCC)COP(=O)(O)O. The largest absolute Gasteiger partial charge is 0.469 e. The Morgan fingerprint density at radius 1 is 0.562 bits per heavy atom. The number of hydrogen-bond acceptors (Lipinski definition) is 6. The number of esters is 2. The van der Waals surface area contributed by atoms with E-state index in [-0.39, 0.29) is 19.4 Å². The monoisotopic (exact) mass is 696 g/mol. The molecule has 0 heterocycles. The minimum Gasteiger partial charge on any atom is -0.462 e. The van der Waals surface area contributed by atoms with Gasteiger partial charge in [-0.1, -0.05) is 152 Å². The maximum Gasteiger partial charge on any atom is 0.469 e. The lowest BCUT2D eigenvalue weighted by molar-refractivity contribution is -0.161. The van der Waals surface area contributed by atoms with Gasteiger partial charge in [-0.05, 0) is 51.4 Å². The van der Waals surface area contributed by atoms with Gasteiger partial charge in [0.05, 0.1) is 6.61 Å². The van der Waals surface area contributed by atoms with E-state index in [0.29, 0.717) is 6.42 Å². The Balaban J connectivity index is 4.02. The van der Waals surface area contributed by atoms with E-state index in [4.69, 9.17) is 19.3 Å². The Hall–Kier alpha value is -1.99. The van der Waals surface area contributed by atoms with Gasteiger partial charge in [-0.15, -0.1) is 0 Å². The molecule has 0 unspecified atom stereocenters. The van der Waals surface area contributed by atoms with Gasteiger partial charge in [0.25, 0.3) is 0 Å². The summed E-state index contributed by atoms with van der Waals surface area (Å²) in [6.45, 7) is 3.54. The van der Waals surface area contributed by atoms with Gasteiger partial charge in [0.1, 0.15) is 6.61 Å². The van der Waals surface area contributed by atoms with Crippen molar-refractivity contribution in [2.75, 3.05) is 13.2 Å². The van der Waals surface area contributed by atoms with Crippen LogP contribution in [-0.2, 0) is 28.2 Å². The molecule has 9 heteroatoms. The van der Waals surface area contributed by atoms with Crippen molar-refractivity contribution in [1.29, 1.82) is 0 Å². The molecular formula is C39H69O8P. The average Bonchev–Trinajstić information content (AvgIpc) is 3.05. The Morgan fingerprint density at radius 2 is 1.00 bits per heavy atom. The fraction of sp³-hybridized carbons (Fsp3) is 0.744. The van der Waals surface area contributed by atoms with Crippen molar-refractivity contribution in [3.8, 4) is 0 Å². The number of hydrogen-bond donors (Lipinski definition) is 2. The van der Waals surface area contributed by atoms with Gasteiger partial charge in [-0.2, -0.15) is 0 Å². The Morgan fingerprint density at radius 3 is 1.50 bits per heavy atom. The lowest BCUT2D eigenvalue weighted by Gasteiger charge is -2.18. The summed E-state index contributed by atoms with van der Waals surface area (Å²) >= 11 is 0. The molecule has 0 aliphatic heterocycles. The molecule has 0 saturated carbocycles. The van der Waals surface area contributed by atoms with Crippen LogP contribution in [0.3, 0.4) is 0 Å². The van der Waals surface area contributed by atoms with Crippen LogP contribution in [0.25, 0.3) is 0 Å². The third-order valence-electron chi connectivity index (χ3n) is 7.86. The summed E-state index contributed by atoms with van der Waals surface area (Å²) in [5.41, 5.74) is 0. The molecule has 0 aliphatic rings. The maximum atomic E-state index is 12.4. The summed E-state index contributed by atoms with van der Waals surface area (Å²) in [5.74, 6) is -0.913. The van der Waals surface area contributed by atoms with Crippen LogP contribution in [0, 0.1) is 0 Å². The zero-order valence-electron chi connectivity index (χ0n) is 30.4. The molecule has 0 aromatic heterocycles. The van der Waals surface area contributed by atoms with Crippen LogP contribution in [0.1, 0.15) is 168 Å². The molecule has 0 radical (unpaired) electrons. The summed E-state index contributed by atoms with van der Waals surface area (Å²) in [5, 5.41) is 0. The number of phosphoric ester groups is 1. The Kier molecular flexibility index (Phi) is 33.4. The van der Waals surface area contributed by atoms with Gasteiger partial charge in [0.15, 0.2) is 6.10 Å². The van der Waals surface area contributed by atoms with E-state index in [2.05, 4.69) is 67.0 Å². The quantitative estimate of drug-likeness (QED) is 0.0295. The normalized spacial score (nSPS) is 13.0. The first-order chi connectivity index (χ1) is 23.3. The molecule has 0 saturated heterocycles. The van der Waals surface area contributed by atoms with Crippen molar-refractivity contribution >= 4 is 19.8 Å². The summed E-state index contributed by atoms with van der Waals surface area (Å²) in [4.78, 5) is 42.7. The molecule has 0 bridgehead atoms. The highest BCUT2D eigenvalue weighted by molar-refractivity contribution is 7.46. The van der Waals surface area contributed by atoms with Crippen molar-refractivity contribution in [1.82, 2.24) is 0 Å². The molecule has 8 nitrogen and oxygen atoms in total. The zero-order valence-corrected chi connectivity index (χ0v) is 31.3. The highest BCUT2D eigenvalue weighted by atomic mass is 31.2. The minimum absolute atomic E-state index is 0.184. The van der Waals surface area contributed by atoms with Crippen LogP contribution >= 0.6 is 7.82 Å². The molecule has 0 fully saturated rings. The molecular weight excluding hydrogens is 627 g/mol. The molecule has 0 rings (SSSR count). The van der Waals surface area contributed by atoms with Gasteiger partial charge in [0.2, 0.25) is 0 Å². The number of phosphoric acid groups is 1. The van der Waals surface area contributed by atoms with Gasteiger partial charge in [-0.3, -0.25) is 14.1 Å². The number of carbonyl (C=O) groups is 2. The molecule has 1 atom stereocenters. The highest BCUT2D eigenvalue weighted by Gasteiger charge is 2.22. The molecule has 0 spiro atoms. The van der Waals surface area contributed by atoms with Crippen LogP contribution < -0.4 is 0 Å². The lowest BCUT2D eigenvalue weighted by atomic mass is 10.0. The van der Waals surface area contributed by atoms with E-state index in [1.54, 1.807) is 0 Å². The fourth-order valence-corrected chi connectivity index (χ4v) is 5.43. The molecule has 0 aliphatic carbocycles. The molecule has 48 heavy (non-hydrogen) atoms. The summed E-state index contributed by atoms with van der Waals surface area (Å²) in [6, 6.07) is 0. The number of ether oxygens (including phenoxy) is 2. The maximum absolute atomic E-state index is 12.4. The van der Waals surface area contributed by atoms with E-state index in [0.717, 1.165) is 70.6 Å². The predicted octanol–water partition coefficient (Wildman–Crippen LogP) is 11.2. The topological polar surface area (TPSA) is 119 Å². The van der Waals surface area contributed by atoms with Crippen molar-refractivity contribution < 1.29 is 37.9 Å². The summed E-state index contributed by atoms with van der Waals surface area (Å²) < 4.78 is 26.3. The number of rotatable bonds is 34. The zero-order chi connectivity index (χ0) is 35.4. The van der Waals surface area contributed by atoms with Gasteiger partial charge in [0, 0.05) is 12.8 Å². The van der Waals surface area contributed by atoms with Crippen molar-refractivity contribution in [2.24, 2.45) is 0 Å². The van der Waals surface area contributed by atoms with E-state index < -0.39 is 32.5 Å². The molecule has 0 aromatic rings. The van der Waals surface area contributed by atoms with Crippen molar-refractivity contribution in [2.45, 2.75) is 174 Å². The molecule has 278 valence electrons. The van der Waals surface area contributed by atoms with Crippen LogP contribution in [0.15, 0.2) is 48.6 Å². The number of allylic oxidation sites excluding steroid dienone is 8. The Bertz CT molecular complexity index is 921. The van der Waals surface area contributed by atoms with E-state index >= 15 is 0 Å². The smallest absolute Gasteiger partial charge is 0.462 e.